The Hall–Kier alpha value is -6.00. The smallest absolute Gasteiger partial charge is 0.255 e. The summed E-state index contributed by atoms with van der Waals surface area (Å²) in [5.41, 5.74) is 4.88. The van der Waals surface area contributed by atoms with E-state index in [1.165, 1.54) is 0 Å². The first-order valence-corrected chi connectivity index (χ1v) is 19.4. The lowest BCUT2D eigenvalue weighted by atomic mass is 10.00. The van der Waals surface area contributed by atoms with Gasteiger partial charge in [0.25, 0.3) is 11.8 Å². The summed E-state index contributed by atoms with van der Waals surface area (Å²) in [6.45, 7) is 8.89. The van der Waals surface area contributed by atoms with Gasteiger partial charge in [0.15, 0.2) is 23.3 Å². The van der Waals surface area contributed by atoms with Crippen LogP contribution in [0.25, 0.3) is 11.3 Å². The second-order valence-corrected chi connectivity index (χ2v) is 15.0. The van der Waals surface area contributed by atoms with E-state index in [0.717, 1.165) is 41.3 Å². The topological polar surface area (TPSA) is 130 Å². The van der Waals surface area contributed by atoms with Crippen molar-refractivity contribution < 1.29 is 48.8 Å². The van der Waals surface area contributed by atoms with Crippen LogP contribution >= 0.6 is 0 Å². The van der Waals surface area contributed by atoms with Crippen molar-refractivity contribution in [2.24, 2.45) is 0 Å². The number of amides is 2. The van der Waals surface area contributed by atoms with E-state index in [0.29, 0.717) is 30.2 Å². The van der Waals surface area contributed by atoms with Crippen LogP contribution in [0.15, 0.2) is 60.9 Å². The van der Waals surface area contributed by atoms with Crippen LogP contribution in [0, 0.1) is 23.3 Å². The summed E-state index contributed by atoms with van der Waals surface area (Å²) in [4.78, 5) is 35.6. The van der Waals surface area contributed by atoms with E-state index in [2.05, 4.69) is 20.6 Å². The highest BCUT2D eigenvalue weighted by atomic mass is 19.2. The first-order valence-electron chi connectivity index (χ1n) is 20.4. The van der Waals surface area contributed by atoms with Gasteiger partial charge in [-0.25, -0.2) is 27.5 Å². The number of carbonyl (C=O) groups is 2. The summed E-state index contributed by atoms with van der Waals surface area (Å²) >= 11 is 0. The zero-order valence-electron chi connectivity index (χ0n) is 35.9. The maximum Gasteiger partial charge on any atom is 0.255 e. The van der Waals surface area contributed by atoms with E-state index < -0.39 is 47.1 Å². The molecule has 6 heterocycles. The molecule has 316 valence electrons. The molecule has 2 N–H and O–H groups in total. The van der Waals surface area contributed by atoms with Crippen molar-refractivity contribution in [3.05, 3.63) is 129 Å². The van der Waals surface area contributed by atoms with Gasteiger partial charge in [0, 0.05) is 74.1 Å². The van der Waals surface area contributed by atoms with E-state index >= 15 is 0 Å². The molecular weight excluding hydrogens is 785 g/mol. The van der Waals surface area contributed by atoms with E-state index in [-0.39, 0.29) is 71.6 Å². The van der Waals surface area contributed by atoms with Crippen molar-refractivity contribution >= 4 is 23.1 Å². The number of nitrogens with zero attached hydrogens (tertiary/aromatic N) is 4. The quantitative estimate of drug-likeness (QED) is 0.132. The fourth-order valence-corrected chi connectivity index (χ4v) is 7.13. The average molecular weight is 833 g/mol. The van der Waals surface area contributed by atoms with Crippen LogP contribution in [0.1, 0.15) is 122 Å². The number of methoxy groups -OCH3 is 2. The fraction of sp³-hybridized carbons (Fsp3) is 0.364. The molecule has 2 aromatic carbocycles. The number of aromatic nitrogens is 4. The Bertz CT molecular complexity index is 2600. The van der Waals surface area contributed by atoms with Crippen molar-refractivity contribution in [2.75, 3.05) is 27.4 Å². The van der Waals surface area contributed by atoms with E-state index in [4.69, 9.17) is 21.7 Å². The monoisotopic (exact) mass is 832 g/mol. The first kappa shape index (κ1) is 39.5. The van der Waals surface area contributed by atoms with E-state index in [1.807, 2.05) is 44.2 Å². The highest BCUT2D eigenvalue weighted by Crippen LogP contribution is 2.36. The van der Waals surface area contributed by atoms with E-state index in [9.17, 15) is 27.2 Å². The SMILES string of the molecule is [2H]C1(NC(=O)c2ccn3c(C(C)C)cc(COC)nc23)CCOc2cc(F)c(F)cc21.[2H]C1(NC(=O)c2ccn3c(COC)cc(C(C)C)nc23)CCOc2cc(F)c(F)cc21. The third-order valence-electron chi connectivity index (χ3n) is 10.1. The van der Waals surface area contributed by atoms with Crippen LogP contribution in [0.4, 0.5) is 17.6 Å². The lowest BCUT2D eigenvalue weighted by molar-refractivity contribution is 0.0917. The molecule has 0 saturated carbocycles. The number of halogens is 4. The minimum Gasteiger partial charge on any atom is -0.493 e. The molecular formula is C44H46F4N6O6. The molecule has 2 amide bonds. The standard InChI is InChI=1S/2C22H23F2N3O3/c1-12(2)19-8-13(11-29-3)27-6-4-14(21(27)25-19)22(28)26-18-5-7-30-20-10-17(24)16(23)9-15(18)20;1-12(2)19-8-13(11-29-3)25-21-14(4-6-27(19)21)22(28)26-18-5-7-30-20-10-17(24)16(23)9-15(18)20/h2*4,6,8-10,12,18H,5,7,11H2,1-3H3,(H,26,28)/i2*18D. The lowest BCUT2D eigenvalue weighted by Crippen LogP contribution is -2.32. The summed E-state index contributed by atoms with van der Waals surface area (Å²) in [5.74, 6) is -5.00. The minimum atomic E-state index is -1.67. The van der Waals surface area contributed by atoms with Crippen molar-refractivity contribution in [2.45, 2.75) is 77.6 Å². The number of hydrogen-bond acceptors (Lipinski definition) is 8. The Morgan fingerprint density at radius 2 is 1.23 bits per heavy atom. The Morgan fingerprint density at radius 1 is 0.733 bits per heavy atom. The van der Waals surface area contributed by atoms with Gasteiger partial charge in [0.05, 0.1) is 63.7 Å². The van der Waals surface area contributed by atoms with Crippen LogP contribution in [0.5, 0.6) is 11.5 Å². The molecule has 2 atom stereocenters. The summed E-state index contributed by atoms with van der Waals surface area (Å²) in [6.07, 6.45) is 3.65. The number of ether oxygens (including phenoxy) is 4. The normalized spacial score (nSPS) is 18.8. The van der Waals surface area contributed by atoms with Crippen molar-refractivity contribution in [3.63, 3.8) is 0 Å². The highest BCUT2D eigenvalue weighted by Gasteiger charge is 2.29. The lowest BCUT2D eigenvalue weighted by Gasteiger charge is -2.26. The Balaban J connectivity index is 0.000000186. The molecule has 2 aliphatic rings. The average Bonchev–Trinajstić information content (AvgIpc) is 3.85. The molecule has 0 radical (unpaired) electrons. The van der Waals surface area contributed by atoms with Gasteiger partial charge >= 0.3 is 0 Å². The molecule has 16 heteroatoms. The zero-order valence-corrected chi connectivity index (χ0v) is 33.9. The van der Waals surface area contributed by atoms with Gasteiger partial charge in [-0.05, 0) is 48.2 Å². The Morgan fingerprint density at radius 3 is 1.73 bits per heavy atom. The molecule has 6 aromatic rings. The molecule has 60 heavy (non-hydrogen) atoms. The third-order valence-corrected chi connectivity index (χ3v) is 10.1. The van der Waals surface area contributed by atoms with Crippen LogP contribution < -0.4 is 20.1 Å². The summed E-state index contributed by atoms with van der Waals surface area (Å²) in [7, 11) is 3.16. The number of fused-ring (bicyclic) bond motifs is 4. The second kappa shape index (κ2) is 17.7. The number of nitrogens with one attached hydrogen (secondary N) is 2. The van der Waals surface area contributed by atoms with Gasteiger partial charge in [-0.1, -0.05) is 27.7 Å². The summed E-state index contributed by atoms with van der Waals surface area (Å²) in [5, 5.41) is 5.33. The van der Waals surface area contributed by atoms with Crippen LogP contribution in [-0.2, 0) is 22.7 Å². The van der Waals surface area contributed by atoms with Crippen LogP contribution in [-0.4, -0.2) is 58.0 Å². The Kier molecular flexibility index (Phi) is 11.6. The number of rotatable bonds is 10. The van der Waals surface area contributed by atoms with Crippen molar-refractivity contribution in [1.29, 1.82) is 0 Å². The van der Waals surface area contributed by atoms with Crippen molar-refractivity contribution in [3.8, 4) is 11.5 Å². The van der Waals surface area contributed by atoms with Gasteiger partial charge in [0.2, 0.25) is 0 Å². The van der Waals surface area contributed by atoms with E-state index in [1.54, 1.807) is 43.1 Å². The third kappa shape index (κ3) is 8.52. The molecule has 12 nitrogen and oxygen atoms in total. The predicted molar refractivity (Wildman–Crippen MR) is 213 cm³/mol. The molecule has 2 aliphatic heterocycles. The van der Waals surface area contributed by atoms with Gasteiger partial charge in [-0.3, -0.25) is 9.59 Å². The van der Waals surface area contributed by atoms with Gasteiger partial charge in [0.1, 0.15) is 22.8 Å². The number of carbonyl (C=O) groups excluding carboxylic acids is 2. The molecule has 0 fully saturated rings. The molecule has 0 spiro atoms. The second-order valence-electron chi connectivity index (χ2n) is 15.0. The molecule has 4 aromatic heterocycles. The molecule has 0 saturated heterocycles. The zero-order chi connectivity index (χ0) is 44.7. The number of hydrogen-bond donors (Lipinski definition) is 2. The highest BCUT2D eigenvalue weighted by molar-refractivity contribution is 6.01. The van der Waals surface area contributed by atoms with Crippen molar-refractivity contribution in [1.82, 2.24) is 29.4 Å². The predicted octanol–water partition coefficient (Wildman–Crippen LogP) is 8.27. The molecule has 8 rings (SSSR count). The van der Waals surface area contributed by atoms with Crippen LogP contribution in [0.2, 0.25) is 0 Å². The van der Waals surface area contributed by atoms with Gasteiger partial charge < -0.3 is 38.4 Å². The summed E-state index contributed by atoms with van der Waals surface area (Å²) in [6, 6.07) is 7.39. The van der Waals surface area contributed by atoms with Gasteiger partial charge in [-0.2, -0.15) is 0 Å². The molecule has 2 unspecified atom stereocenters. The largest absolute Gasteiger partial charge is 0.493 e. The van der Waals surface area contributed by atoms with Gasteiger partial charge in [-0.15, -0.1) is 0 Å². The number of benzene rings is 2. The minimum absolute atomic E-state index is 0.0461. The Labute approximate surface area is 346 Å². The molecule has 0 bridgehead atoms. The maximum absolute atomic E-state index is 13.9. The summed E-state index contributed by atoms with van der Waals surface area (Å²) < 4.78 is 97.3. The van der Waals surface area contributed by atoms with Crippen LogP contribution in [0.3, 0.4) is 0 Å². The first-order chi connectivity index (χ1) is 29.5. The maximum atomic E-state index is 13.9. The molecule has 0 aliphatic carbocycles. The fourth-order valence-electron chi connectivity index (χ4n) is 7.13.